The smallest absolute Gasteiger partial charge is 0.192 e. The molecule has 0 aromatic heterocycles. The van der Waals surface area contributed by atoms with Gasteiger partial charge in [-0.25, -0.2) is 0 Å². The first kappa shape index (κ1) is 29.1. The van der Waals surface area contributed by atoms with Crippen LogP contribution in [0.15, 0.2) is 0 Å². The molecule has 4 nitrogen and oxygen atoms in total. The third-order valence-electron chi connectivity index (χ3n) is 6.62. The van der Waals surface area contributed by atoms with Crippen LogP contribution in [-0.2, 0) is 4.43 Å². The molecular weight excluding hydrogens is 378 g/mol. The van der Waals surface area contributed by atoms with Gasteiger partial charge in [-0.1, -0.05) is 105 Å². The molecule has 0 spiro atoms. The molecular formula is C24H53NO3Si. The number of rotatable bonds is 18. The van der Waals surface area contributed by atoms with Gasteiger partial charge < -0.3 is 20.4 Å². The summed E-state index contributed by atoms with van der Waals surface area (Å²) in [6, 6.07) is -0.637. The van der Waals surface area contributed by atoms with Crippen molar-refractivity contribution in [3.8, 4) is 0 Å². The van der Waals surface area contributed by atoms with E-state index in [1.54, 1.807) is 0 Å². The summed E-state index contributed by atoms with van der Waals surface area (Å²) < 4.78 is 6.48. The van der Waals surface area contributed by atoms with Crippen molar-refractivity contribution in [2.45, 2.75) is 148 Å². The van der Waals surface area contributed by atoms with E-state index in [4.69, 9.17) is 10.2 Å². The van der Waals surface area contributed by atoms with Crippen LogP contribution in [0.4, 0.5) is 0 Å². The Hall–Kier alpha value is 0.0569. The van der Waals surface area contributed by atoms with Crippen LogP contribution in [0.25, 0.3) is 0 Å². The molecule has 0 rings (SSSR count). The molecule has 4 N–H and O–H groups in total. The fourth-order valence-electron chi connectivity index (χ4n) is 3.42. The summed E-state index contributed by atoms with van der Waals surface area (Å²) in [5.41, 5.74) is 5.92. The third-order valence-corrected chi connectivity index (χ3v) is 11.1. The van der Waals surface area contributed by atoms with E-state index in [1.807, 2.05) is 0 Å². The lowest BCUT2D eigenvalue weighted by molar-refractivity contribution is -0.00514. The van der Waals surface area contributed by atoms with Crippen LogP contribution in [0, 0.1) is 0 Å². The number of aliphatic hydroxyl groups excluding tert-OH is 2. The van der Waals surface area contributed by atoms with E-state index < -0.39 is 20.5 Å². The quantitative estimate of drug-likeness (QED) is 0.180. The van der Waals surface area contributed by atoms with Gasteiger partial charge in [-0.15, -0.1) is 0 Å². The molecule has 0 aliphatic carbocycles. The predicted octanol–water partition coefficient (Wildman–Crippen LogP) is 6.15. The Kier molecular flexibility index (Phi) is 15.8. The van der Waals surface area contributed by atoms with Gasteiger partial charge in [0.25, 0.3) is 0 Å². The van der Waals surface area contributed by atoms with Crippen LogP contribution in [0.2, 0.25) is 18.1 Å². The molecule has 0 saturated heterocycles. The molecule has 0 heterocycles. The summed E-state index contributed by atoms with van der Waals surface area (Å²) in [5.74, 6) is 0. The van der Waals surface area contributed by atoms with Gasteiger partial charge in [0.1, 0.15) is 0 Å². The number of aliphatic hydroxyl groups is 2. The standard InChI is InChI=1S/C24H53NO3Si/c1-7-8-9-10-11-12-13-14-15-16-17-18-19-22(23(27)21(25)20-26)28-29(5,6)24(2,3)4/h21-23,26-27H,7-20,25H2,1-6H3/t21-,22-,23+/m1/s1. The Labute approximate surface area is 183 Å². The molecule has 5 heteroatoms. The maximum Gasteiger partial charge on any atom is 0.192 e. The summed E-state index contributed by atoms with van der Waals surface area (Å²) in [7, 11) is -1.99. The summed E-state index contributed by atoms with van der Waals surface area (Å²) in [6.07, 6.45) is 15.5. The highest BCUT2D eigenvalue weighted by atomic mass is 28.4. The second-order valence-electron chi connectivity index (χ2n) is 10.4. The maximum atomic E-state index is 10.6. The molecule has 0 amide bonds. The minimum atomic E-state index is -1.99. The second kappa shape index (κ2) is 15.8. The zero-order valence-corrected chi connectivity index (χ0v) is 21.5. The lowest BCUT2D eigenvalue weighted by Gasteiger charge is -2.41. The Bertz CT molecular complexity index is 385. The zero-order chi connectivity index (χ0) is 22.3. The Morgan fingerprint density at radius 1 is 0.828 bits per heavy atom. The first-order valence-corrected chi connectivity index (χ1v) is 15.2. The highest BCUT2D eigenvalue weighted by Crippen LogP contribution is 2.38. The van der Waals surface area contributed by atoms with Crippen LogP contribution < -0.4 is 5.73 Å². The molecule has 0 unspecified atom stereocenters. The second-order valence-corrected chi connectivity index (χ2v) is 15.2. The fraction of sp³-hybridized carbons (Fsp3) is 1.00. The normalized spacial score (nSPS) is 16.0. The van der Waals surface area contributed by atoms with Crippen molar-refractivity contribution < 1.29 is 14.6 Å². The summed E-state index contributed by atoms with van der Waals surface area (Å²) in [4.78, 5) is 0. The molecule has 0 saturated carbocycles. The van der Waals surface area contributed by atoms with Crippen molar-refractivity contribution in [1.82, 2.24) is 0 Å². The average molecular weight is 432 g/mol. The van der Waals surface area contributed by atoms with Gasteiger partial charge in [0.05, 0.1) is 24.9 Å². The van der Waals surface area contributed by atoms with E-state index in [0.29, 0.717) is 0 Å². The largest absolute Gasteiger partial charge is 0.411 e. The molecule has 0 bridgehead atoms. The Morgan fingerprint density at radius 2 is 1.24 bits per heavy atom. The SMILES string of the molecule is CCCCCCCCCCCCCC[C@@H](O[Si](C)(C)C(C)(C)C)[C@@H](O)[C@H](N)CO. The monoisotopic (exact) mass is 431 g/mol. The van der Waals surface area contributed by atoms with Gasteiger partial charge in [0.2, 0.25) is 0 Å². The van der Waals surface area contributed by atoms with Crippen molar-refractivity contribution in [3.05, 3.63) is 0 Å². The number of nitrogens with two attached hydrogens (primary N) is 1. The highest BCUT2D eigenvalue weighted by Gasteiger charge is 2.41. The van der Waals surface area contributed by atoms with Gasteiger partial charge in [-0.2, -0.15) is 0 Å². The van der Waals surface area contributed by atoms with Crippen LogP contribution in [-0.4, -0.2) is 43.4 Å². The Balaban J connectivity index is 4.15. The Morgan fingerprint density at radius 3 is 1.62 bits per heavy atom. The molecule has 0 aromatic carbocycles. The average Bonchev–Trinajstić information content (AvgIpc) is 2.65. The molecule has 29 heavy (non-hydrogen) atoms. The van der Waals surface area contributed by atoms with E-state index in [2.05, 4.69) is 40.8 Å². The molecule has 0 aliphatic heterocycles. The first-order chi connectivity index (χ1) is 13.6. The van der Waals surface area contributed by atoms with Crippen LogP contribution in [0.3, 0.4) is 0 Å². The van der Waals surface area contributed by atoms with E-state index in [0.717, 1.165) is 12.8 Å². The first-order valence-electron chi connectivity index (χ1n) is 12.3. The number of hydrogen-bond acceptors (Lipinski definition) is 4. The van der Waals surface area contributed by atoms with Gasteiger partial charge in [0, 0.05) is 0 Å². The van der Waals surface area contributed by atoms with E-state index in [-0.39, 0.29) is 17.7 Å². The highest BCUT2D eigenvalue weighted by molar-refractivity contribution is 6.74. The van der Waals surface area contributed by atoms with E-state index >= 15 is 0 Å². The van der Waals surface area contributed by atoms with E-state index in [1.165, 1.54) is 70.6 Å². The minimum absolute atomic E-state index is 0.0881. The lowest BCUT2D eigenvalue weighted by Crippen LogP contribution is -2.52. The van der Waals surface area contributed by atoms with E-state index in [9.17, 15) is 10.2 Å². The van der Waals surface area contributed by atoms with Gasteiger partial charge in [0.15, 0.2) is 8.32 Å². The molecule has 0 fully saturated rings. The van der Waals surface area contributed by atoms with Crippen molar-refractivity contribution in [1.29, 1.82) is 0 Å². The number of hydrogen-bond donors (Lipinski definition) is 3. The van der Waals surface area contributed by atoms with Gasteiger partial charge >= 0.3 is 0 Å². The topological polar surface area (TPSA) is 75.7 Å². The van der Waals surface area contributed by atoms with Crippen LogP contribution >= 0.6 is 0 Å². The summed E-state index contributed by atoms with van der Waals surface area (Å²) in [6.45, 7) is 13.1. The third kappa shape index (κ3) is 13.2. The molecule has 176 valence electrons. The number of unbranched alkanes of at least 4 members (excludes halogenated alkanes) is 11. The van der Waals surface area contributed by atoms with Crippen LogP contribution in [0.1, 0.15) is 111 Å². The maximum absolute atomic E-state index is 10.6. The van der Waals surface area contributed by atoms with Crippen molar-refractivity contribution >= 4 is 8.32 Å². The molecule has 0 aromatic rings. The van der Waals surface area contributed by atoms with Crippen molar-refractivity contribution in [2.24, 2.45) is 5.73 Å². The van der Waals surface area contributed by atoms with Gasteiger partial charge in [-0.3, -0.25) is 0 Å². The van der Waals surface area contributed by atoms with Crippen molar-refractivity contribution in [2.75, 3.05) is 6.61 Å². The fourth-order valence-corrected chi connectivity index (χ4v) is 4.79. The lowest BCUT2D eigenvalue weighted by atomic mass is 10.00. The van der Waals surface area contributed by atoms with Crippen LogP contribution in [0.5, 0.6) is 0 Å². The summed E-state index contributed by atoms with van der Waals surface area (Å²) >= 11 is 0. The summed E-state index contributed by atoms with van der Waals surface area (Å²) in [5, 5.41) is 20.0. The minimum Gasteiger partial charge on any atom is -0.411 e. The molecule has 0 aliphatic rings. The predicted molar refractivity (Wildman–Crippen MR) is 129 cm³/mol. The molecule has 0 radical (unpaired) electrons. The molecule has 3 atom stereocenters. The van der Waals surface area contributed by atoms with Gasteiger partial charge in [-0.05, 0) is 24.6 Å². The zero-order valence-electron chi connectivity index (χ0n) is 20.5. The van der Waals surface area contributed by atoms with Crippen molar-refractivity contribution in [3.63, 3.8) is 0 Å².